The molecule has 0 aromatic rings. The molecule has 1 nitrogen and oxygen atoms in total. The van der Waals surface area contributed by atoms with Crippen molar-refractivity contribution in [1.82, 2.24) is 5.32 Å². The molecule has 1 aliphatic heterocycles. The van der Waals surface area contributed by atoms with Gasteiger partial charge in [-0.2, -0.15) is 0 Å². The third kappa shape index (κ3) is 1.53. The SMILES string of the molecule is FC1(I)CCNC1. The Labute approximate surface area is 55.8 Å². The summed E-state index contributed by atoms with van der Waals surface area (Å²) >= 11 is 1.84. The summed E-state index contributed by atoms with van der Waals surface area (Å²) in [6.07, 6.45) is 0.660. The molecule has 0 spiro atoms. The molecule has 42 valence electrons. The van der Waals surface area contributed by atoms with Gasteiger partial charge in [0.1, 0.15) is 0 Å². The van der Waals surface area contributed by atoms with Crippen molar-refractivity contribution in [3.05, 3.63) is 0 Å². The number of nitrogens with one attached hydrogen (secondary N) is 1. The highest BCUT2D eigenvalue weighted by Gasteiger charge is 2.29. The standard InChI is InChI=1S/C4H7FIN/c5-4(6)1-2-7-3-4/h7H,1-3H2. The molecule has 0 aromatic carbocycles. The van der Waals surface area contributed by atoms with Crippen LogP contribution in [0.3, 0.4) is 0 Å². The second-order valence-electron chi connectivity index (χ2n) is 1.78. The minimum atomic E-state index is -0.947. The van der Waals surface area contributed by atoms with Gasteiger partial charge in [0, 0.05) is 13.0 Å². The van der Waals surface area contributed by atoms with Crippen LogP contribution in [-0.4, -0.2) is 16.8 Å². The van der Waals surface area contributed by atoms with Crippen molar-refractivity contribution in [3.8, 4) is 0 Å². The number of rotatable bonds is 0. The Morgan fingerprint density at radius 1 is 1.71 bits per heavy atom. The van der Waals surface area contributed by atoms with E-state index in [1.165, 1.54) is 0 Å². The van der Waals surface area contributed by atoms with E-state index in [-0.39, 0.29) is 0 Å². The van der Waals surface area contributed by atoms with Crippen LogP contribution < -0.4 is 5.32 Å². The van der Waals surface area contributed by atoms with Crippen molar-refractivity contribution in [2.45, 2.75) is 10.1 Å². The summed E-state index contributed by atoms with van der Waals surface area (Å²) in [5.74, 6) is 0. The van der Waals surface area contributed by atoms with E-state index in [9.17, 15) is 4.39 Å². The highest BCUT2D eigenvalue weighted by Crippen LogP contribution is 2.26. The summed E-state index contributed by atoms with van der Waals surface area (Å²) in [5, 5.41) is 2.93. The minimum absolute atomic E-state index is 0.521. The van der Waals surface area contributed by atoms with Gasteiger partial charge in [0.05, 0.1) is 0 Å². The van der Waals surface area contributed by atoms with E-state index < -0.39 is 3.68 Å². The summed E-state index contributed by atoms with van der Waals surface area (Å²) in [6.45, 7) is 1.35. The molecular weight excluding hydrogens is 208 g/mol. The van der Waals surface area contributed by atoms with E-state index in [2.05, 4.69) is 5.32 Å². The van der Waals surface area contributed by atoms with Crippen LogP contribution in [0.2, 0.25) is 0 Å². The third-order valence-corrected chi connectivity index (χ3v) is 1.97. The molecular formula is C4H7FIN. The first kappa shape index (κ1) is 5.75. The van der Waals surface area contributed by atoms with Gasteiger partial charge >= 0.3 is 0 Å². The zero-order valence-corrected chi connectivity index (χ0v) is 6.03. The lowest BCUT2D eigenvalue weighted by molar-refractivity contribution is 0.339. The molecule has 1 aliphatic rings. The third-order valence-electron chi connectivity index (χ3n) is 1.05. The molecule has 7 heavy (non-hydrogen) atoms. The minimum Gasteiger partial charge on any atom is -0.313 e. The fourth-order valence-corrected chi connectivity index (χ4v) is 1.17. The quantitative estimate of drug-likeness (QED) is 0.471. The lowest BCUT2D eigenvalue weighted by Gasteiger charge is -2.04. The maximum Gasteiger partial charge on any atom is 0.174 e. The Morgan fingerprint density at radius 2 is 2.43 bits per heavy atom. The van der Waals surface area contributed by atoms with Crippen LogP contribution in [0, 0.1) is 0 Å². The monoisotopic (exact) mass is 215 g/mol. The fourth-order valence-electron chi connectivity index (χ4n) is 0.631. The number of halogens is 2. The summed E-state index contributed by atoms with van der Waals surface area (Å²) in [4.78, 5) is 0. The van der Waals surface area contributed by atoms with Crippen LogP contribution in [0.1, 0.15) is 6.42 Å². The maximum absolute atomic E-state index is 12.5. The predicted molar refractivity (Wildman–Crippen MR) is 35.3 cm³/mol. The summed E-state index contributed by atoms with van der Waals surface area (Å²) in [6, 6.07) is 0. The molecule has 0 aromatic heterocycles. The molecule has 0 bridgehead atoms. The largest absolute Gasteiger partial charge is 0.313 e. The van der Waals surface area contributed by atoms with Gasteiger partial charge in [0.2, 0.25) is 0 Å². The molecule has 0 saturated carbocycles. The van der Waals surface area contributed by atoms with E-state index in [1.807, 2.05) is 22.6 Å². The Kier molecular flexibility index (Phi) is 1.52. The first-order chi connectivity index (χ1) is 3.21. The van der Waals surface area contributed by atoms with Crippen LogP contribution >= 0.6 is 22.6 Å². The lowest BCUT2D eigenvalue weighted by Crippen LogP contribution is -2.16. The smallest absolute Gasteiger partial charge is 0.174 e. The topological polar surface area (TPSA) is 12.0 Å². The van der Waals surface area contributed by atoms with Crippen LogP contribution in [0.25, 0.3) is 0 Å². The van der Waals surface area contributed by atoms with Crippen molar-refractivity contribution in [1.29, 1.82) is 0 Å². The molecule has 0 aliphatic carbocycles. The van der Waals surface area contributed by atoms with Crippen molar-refractivity contribution >= 4 is 22.6 Å². The average molecular weight is 215 g/mol. The van der Waals surface area contributed by atoms with Gasteiger partial charge in [-0.15, -0.1) is 0 Å². The van der Waals surface area contributed by atoms with Gasteiger partial charge in [0.25, 0.3) is 0 Å². The number of hydrogen-bond donors (Lipinski definition) is 1. The molecule has 0 amide bonds. The fraction of sp³-hybridized carbons (Fsp3) is 1.00. The molecule has 1 N–H and O–H groups in total. The van der Waals surface area contributed by atoms with Crippen molar-refractivity contribution < 1.29 is 4.39 Å². The Hall–Kier alpha value is 0.620. The highest BCUT2D eigenvalue weighted by molar-refractivity contribution is 14.1. The summed E-state index contributed by atoms with van der Waals surface area (Å²) < 4.78 is 11.6. The van der Waals surface area contributed by atoms with Crippen LogP contribution in [-0.2, 0) is 0 Å². The number of hydrogen-bond acceptors (Lipinski definition) is 1. The Balaban J connectivity index is 2.40. The Morgan fingerprint density at radius 3 is 2.57 bits per heavy atom. The van der Waals surface area contributed by atoms with Crippen LogP contribution in [0.4, 0.5) is 4.39 Å². The Bertz CT molecular complexity index is 66.1. The number of alkyl halides is 2. The molecule has 1 heterocycles. The van der Waals surface area contributed by atoms with E-state index in [0.29, 0.717) is 13.0 Å². The lowest BCUT2D eigenvalue weighted by atomic mass is 10.3. The highest BCUT2D eigenvalue weighted by atomic mass is 127. The van der Waals surface area contributed by atoms with Crippen LogP contribution in [0.5, 0.6) is 0 Å². The van der Waals surface area contributed by atoms with E-state index in [4.69, 9.17) is 0 Å². The van der Waals surface area contributed by atoms with Gasteiger partial charge in [-0.3, -0.25) is 0 Å². The molecule has 1 unspecified atom stereocenters. The zero-order chi connectivity index (χ0) is 5.33. The molecule has 3 heteroatoms. The predicted octanol–water partition coefficient (Wildman–Crippen LogP) is 1.08. The van der Waals surface area contributed by atoms with Gasteiger partial charge in [-0.25, -0.2) is 4.39 Å². The second kappa shape index (κ2) is 1.85. The second-order valence-corrected chi connectivity index (χ2v) is 3.72. The summed E-state index contributed by atoms with van der Waals surface area (Å²) in [7, 11) is 0. The van der Waals surface area contributed by atoms with Gasteiger partial charge in [-0.05, 0) is 29.1 Å². The van der Waals surface area contributed by atoms with Gasteiger partial charge < -0.3 is 5.32 Å². The first-order valence-electron chi connectivity index (χ1n) is 2.29. The molecule has 1 rings (SSSR count). The molecule has 1 atom stereocenters. The summed E-state index contributed by atoms with van der Waals surface area (Å²) in [5.41, 5.74) is 0. The van der Waals surface area contributed by atoms with Gasteiger partial charge in [0.15, 0.2) is 3.68 Å². The molecule has 1 saturated heterocycles. The molecule has 1 fully saturated rings. The van der Waals surface area contributed by atoms with Crippen LogP contribution in [0.15, 0.2) is 0 Å². The maximum atomic E-state index is 12.5. The zero-order valence-electron chi connectivity index (χ0n) is 3.88. The molecule has 0 radical (unpaired) electrons. The normalized spacial score (nSPS) is 42.0. The van der Waals surface area contributed by atoms with E-state index in [0.717, 1.165) is 6.54 Å². The average Bonchev–Trinajstić information content (AvgIpc) is 1.84. The first-order valence-corrected chi connectivity index (χ1v) is 3.37. The van der Waals surface area contributed by atoms with Crippen molar-refractivity contribution in [2.75, 3.05) is 13.1 Å². The van der Waals surface area contributed by atoms with Gasteiger partial charge in [-0.1, -0.05) is 0 Å². The van der Waals surface area contributed by atoms with Crippen molar-refractivity contribution in [3.63, 3.8) is 0 Å². The van der Waals surface area contributed by atoms with E-state index >= 15 is 0 Å². The van der Waals surface area contributed by atoms with Crippen molar-refractivity contribution in [2.24, 2.45) is 0 Å². The van der Waals surface area contributed by atoms with E-state index in [1.54, 1.807) is 0 Å².